The molecule has 0 aliphatic rings. The second kappa shape index (κ2) is 7.48. The highest BCUT2D eigenvalue weighted by molar-refractivity contribution is 5.94. The molecule has 0 heterocycles. The number of hydrogen-bond acceptors (Lipinski definition) is 3. The van der Waals surface area contributed by atoms with Gasteiger partial charge in [-0.3, -0.25) is 9.59 Å². The third-order valence-electron chi connectivity index (χ3n) is 3.03. The molecule has 0 unspecified atom stereocenters. The van der Waals surface area contributed by atoms with Crippen molar-refractivity contribution < 1.29 is 14.3 Å². The fourth-order valence-corrected chi connectivity index (χ4v) is 1.75. The number of carbonyl (C=O) groups is 2. The van der Waals surface area contributed by atoms with E-state index in [1.165, 1.54) is 18.1 Å². The molecule has 0 bridgehead atoms. The van der Waals surface area contributed by atoms with E-state index >= 15 is 0 Å². The maximum Gasteiger partial charge on any atom is 0.325 e. The van der Waals surface area contributed by atoms with Crippen LogP contribution in [0.4, 0.5) is 0 Å². The van der Waals surface area contributed by atoms with Crippen molar-refractivity contribution in [2.75, 3.05) is 13.7 Å². The molecule has 1 aromatic rings. The topological polar surface area (TPSA) is 46.6 Å². The lowest BCUT2D eigenvalue weighted by Gasteiger charge is -2.24. The Hall–Kier alpha value is -2.10. The van der Waals surface area contributed by atoms with E-state index < -0.39 is 5.97 Å². The zero-order valence-corrected chi connectivity index (χ0v) is 12.4. The number of nitrogens with zero attached hydrogens (tertiary/aromatic N) is 1. The van der Waals surface area contributed by atoms with Gasteiger partial charge in [-0.2, -0.15) is 0 Å². The number of aryl methyl sites for hydroxylation is 1. The van der Waals surface area contributed by atoms with E-state index in [1.807, 2.05) is 45.0 Å². The number of amides is 1. The molecular weight excluding hydrogens is 254 g/mol. The van der Waals surface area contributed by atoms with Gasteiger partial charge in [0.05, 0.1) is 7.11 Å². The summed E-state index contributed by atoms with van der Waals surface area (Å²) in [4.78, 5) is 24.9. The van der Waals surface area contributed by atoms with Crippen LogP contribution >= 0.6 is 0 Å². The van der Waals surface area contributed by atoms with Crippen LogP contribution in [0.25, 0.3) is 6.08 Å². The van der Waals surface area contributed by atoms with Gasteiger partial charge in [0.25, 0.3) is 0 Å². The predicted molar refractivity (Wildman–Crippen MR) is 79.1 cm³/mol. The quantitative estimate of drug-likeness (QED) is 0.612. The molecular formula is C16H21NO3. The summed E-state index contributed by atoms with van der Waals surface area (Å²) in [5.74, 6) is -0.620. The van der Waals surface area contributed by atoms with E-state index in [4.69, 9.17) is 0 Å². The van der Waals surface area contributed by atoms with Crippen LogP contribution in [0.2, 0.25) is 0 Å². The highest BCUT2D eigenvalue weighted by atomic mass is 16.5. The number of ether oxygens (including phenoxy) is 1. The van der Waals surface area contributed by atoms with Crippen molar-refractivity contribution in [3.8, 4) is 0 Å². The Morgan fingerprint density at radius 1 is 1.30 bits per heavy atom. The Balaban J connectivity index is 2.81. The predicted octanol–water partition coefficient (Wildman–Crippen LogP) is 2.42. The van der Waals surface area contributed by atoms with Crippen LogP contribution in [0.5, 0.6) is 0 Å². The Morgan fingerprint density at radius 2 is 1.95 bits per heavy atom. The average molecular weight is 275 g/mol. The molecule has 1 amide bonds. The Labute approximate surface area is 120 Å². The van der Waals surface area contributed by atoms with Crippen LogP contribution in [-0.4, -0.2) is 36.5 Å². The van der Waals surface area contributed by atoms with Gasteiger partial charge < -0.3 is 9.64 Å². The van der Waals surface area contributed by atoms with Crippen molar-refractivity contribution in [1.29, 1.82) is 0 Å². The minimum Gasteiger partial charge on any atom is -0.468 e. The molecule has 4 heteroatoms. The van der Waals surface area contributed by atoms with Crippen molar-refractivity contribution in [3.63, 3.8) is 0 Å². The van der Waals surface area contributed by atoms with Gasteiger partial charge in [-0.1, -0.05) is 24.3 Å². The van der Waals surface area contributed by atoms with E-state index in [2.05, 4.69) is 4.74 Å². The highest BCUT2D eigenvalue weighted by Gasteiger charge is 2.18. The molecule has 0 N–H and O–H groups in total. The Kier molecular flexibility index (Phi) is 5.97. The van der Waals surface area contributed by atoms with E-state index in [0.717, 1.165) is 11.1 Å². The Bertz CT molecular complexity index is 506. The molecule has 0 saturated carbocycles. The van der Waals surface area contributed by atoms with Gasteiger partial charge in [0.15, 0.2) is 0 Å². The molecule has 1 rings (SSSR count). The summed E-state index contributed by atoms with van der Waals surface area (Å²) in [6.07, 6.45) is 3.26. The first kappa shape index (κ1) is 16.0. The van der Waals surface area contributed by atoms with Crippen molar-refractivity contribution in [3.05, 3.63) is 41.5 Å². The summed E-state index contributed by atoms with van der Waals surface area (Å²) in [6, 6.07) is 7.73. The van der Waals surface area contributed by atoms with Crippen molar-refractivity contribution >= 4 is 18.0 Å². The van der Waals surface area contributed by atoms with E-state index in [-0.39, 0.29) is 18.5 Å². The van der Waals surface area contributed by atoms with Gasteiger partial charge in [-0.15, -0.1) is 0 Å². The summed E-state index contributed by atoms with van der Waals surface area (Å²) < 4.78 is 4.61. The van der Waals surface area contributed by atoms with E-state index in [9.17, 15) is 9.59 Å². The SMILES string of the molecule is COC(=O)CN(C(=O)C=Cc1ccccc1C)C(C)C. The number of esters is 1. The minimum absolute atomic E-state index is 0.0366. The fourth-order valence-electron chi connectivity index (χ4n) is 1.75. The molecule has 0 fully saturated rings. The van der Waals surface area contributed by atoms with Crippen LogP contribution in [0.3, 0.4) is 0 Å². The summed E-state index contributed by atoms with van der Waals surface area (Å²) in [7, 11) is 1.31. The van der Waals surface area contributed by atoms with Crippen molar-refractivity contribution in [2.24, 2.45) is 0 Å². The van der Waals surface area contributed by atoms with Crippen LogP contribution < -0.4 is 0 Å². The van der Waals surface area contributed by atoms with Gasteiger partial charge in [-0.05, 0) is 38.0 Å². The molecule has 4 nitrogen and oxygen atoms in total. The van der Waals surface area contributed by atoms with Gasteiger partial charge in [-0.25, -0.2) is 0 Å². The van der Waals surface area contributed by atoms with Gasteiger partial charge >= 0.3 is 5.97 Å². The summed E-state index contributed by atoms with van der Waals surface area (Å²) >= 11 is 0. The minimum atomic E-state index is -0.420. The molecule has 108 valence electrons. The highest BCUT2D eigenvalue weighted by Crippen LogP contribution is 2.10. The molecule has 0 aliphatic carbocycles. The number of benzene rings is 1. The van der Waals surface area contributed by atoms with Gasteiger partial charge in [0.1, 0.15) is 6.54 Å². The molecule has 0 atom stereocenters. The monoisotopic (exact) mass is 275 g/mol. The second-order valence-electron chi connectivity index (χ2n) is 4.83. The van der Waals surface area contributed by atoms with E-state index in [1.54, 1.807) is 6.08 Å². The molecule has 0 aliphatic heterocycles. The van der Waals surface area contributed by atoms with Crippen molar-refractivity contribution in [2.45, 2.75) is 26.8 Å². The van der Waals surface area contributed by atoms with Crippen molar-refractivity contribution in [1.82, 2.24) is 4.90 Å². The molecule has 20 heavy (non-hydrogen) atoms. The molecule has 0 saturated heterocycles. The number of hydrogen-bond donors (Lipinski definition) is 0. The first-order chi connectivity index (χ1) is 9.45. The second-order valence-corrected chi connectivity index (χ2v) is 4.83. The molecule has 0 aromatic heterocycles. The zero-order valence-electron chi connectivity index (χ0n) is 12.4. The van der Waals surface area contributed by atoms with E-state index in [0.29, 0.717) is 0 Å². The standard InChI is InChI=1S/C16H21NO3/c1-12(2)17(11-16(19)20-4)15(18)10-9-14-8-6-5-7-13(14)3/h5-10,12H,11H2,1-4H3. The first-order valence-corrected chi connectivity index (χ1v) is 6.56. The number of rotatable bonds is 5. The smallest absolute Gasteiger partial charge is 0.325 e. The zero-order chi connectivity index (χ0) is 15.1. The lowest BCUT2D eigenvalue weighted by molar-refractivity contribution is -0.146. The molecule has 0 spiro atoms. The molecule has 1 aromatic carbocycles. The number of carbonyl (C=O) groups excluding carboxylic acids is 2. The van der Waals surface area contributed by atoms with Gasteiger partial charge in [0, 0.05) is 12.1 Å². The maximum absolute atomic E-state index is 12.2. The lowest BCUT2D eigenvalue weighted by atomic mass is 10.1. The van der Waals surface area contributed by atoms with Crippen LogP contribution in [-0.2, 0) is 14.3 Å². The third-order valence-corrected chi connectivity index (χ3v) is 3.03. The fraction of sp³-hybridized carbons (Fsp3) is 0.375. The lowest BCUT2D eigenvalue weighted by Crippen LogP contribution is -2.40. The summed E-state index contributed by atoms with van der Waals surface area (Å²) in [5, 5.41) is 0. The first-order valence-electron chi connectivity index (χ1n) is 6.56. The van der Waals surface area contributed by atoms with Crippen LogP contribution in [0.1, 0.15) is 25.0 Å². The summed E-state index contributed by atoms with van der Waals surface area (Å²) in [5.41, 5.74) is 2.09. The normalized spacial score (nSPS) is 10.8. The Morgan fingerprint density at radius 3 is 2.50 bits per heavy atom. The molecule has 0 radical (unpaired) electrons. The van der Waals surface area contributed by atoms with Gasteiger partial charge in [0.2, 0.25) is 5.91 Å². The average Bonchev–Trinajstić information content (AvgIpc) is 2.42. The maximum atomic E-state index is 12.2. The summed E-state index contributed by atoms with van der Waals surface area (Å²) in [6.45, 7) is 5.68. The largest absolute Gasteiger partial charge is 0.468 e. The van der Waals surface area contributed by atoms with Crippen LogP contribution in [0.15, 0.2) is 30.3 Å². The van der Waals surface area contributed by atoms with Crippen LogP contribution in [0, 0.1) is 6.92 Å². The third kappa shape index (κ3) is 4.53. The number of methoxy groups -OCH3 is 1.